The average molecular weight is 298 g/mol. The summed E-state index contributed by atoms with van der Waals surface area (Å²) in [6.45, 7) is 2.93. The van der Waals surface area contributed by atoms with Crippen LogP contribution < -0.4 is 10.2 Å². The maximum absolute atomic E-state index is 12.1. The van der Waals surface area contributed by atoms with E-state index in [9.17, 15) is 9.59 Å². The molecule has 2 heterocycles. The van der Waals surface area contributed by atoms with Crippen molar-refractivity contribution in [3.63, 3.8) is 0 Å². The molecule has 114 valence electrons. The monoisotopic (exact) mass is 298 g/mol. The molecule has 0 aliphatic carbocycles. The molecule has 0 spiro atoms. The molecule has 6 heteroatoms. The van der Waals surface area contributed by atoms with Crippen LogP contribution in [0.1, 0.15) is 17.7 Å². The van der Waals surface area contributed by atoms with Gasteiger partial charge in [0.05, 0.1) is 12.2 Å². The third kappa shape index (κ3) is 3.00. The zero-order chi connectivity index (χ0) is 15.5. The number of carbonyl (C=O) groups is 2. The predicted octanol–water partition coefficient (Wildman–Crippen LogP) is 1.24. The highest BCUT2D eigenvalue weighted by Gasteiger charge is 2.27. The number of aromatic nitrogens is 2. The van der Waals surface area contributed by atoms with Gasteiger partial charge in [0.15, 0.2) is 0 Å². The van der Waals surface area contributed by atoms with Gasteiger partial charge < -0.3 is 5.32 Å². The summed E-state index contributed by atoms with van der Waals surface area (Å²) in [5, 5.41) is 7.17. The molecule has 0 atom stereocenters. The third-order valence-corrected chi connectivity index (χ3v) is 3.63. The molecule has 0 saturated carbocycles. The molecule has 1 aromatic carbocycles. The van der Waals surface area contributed by atoms with Crippen molar-refractivity contribution >= 4 is 17.6 Å². The summed E-state index contributed by atoms with van der Waals surface area (Å²) in [4.78, 5) is 25.7. The second kappa shape index (κ2) is 6.01. The number of rotatable bonds is 4. The fourth-order valence-corrected chi connectivity index (χ4v) is 2.54. The van der Waals surface area contributed by atoms with Crippen LogP contribution in [0, 0.1) is 6.92 Å². The molecule has 1 N–H and O–H groups in total. The van der Waals surface area contributed by atoms with Crippen molar-refractivity contribution in [1.29, 1.82) is 0 Å². The second-order valence-corrected chi connectivity index (χ2v) is 5.36. The molecule has 2 amide bonds. The zero-order valence-electron chi connectivity index (χ0n) is 12.5. The minimum Gasteiger partial charge on any atom is -0.350 e. The lowest BCUT2D eigenvalue weighted by atomic mass is 10.2. The lowest BCUT2D eigenvalue weighted by Gasteiger charge is -2.26. The fourth-order valence-electron chi connectivity index (χ4n) is 2.54. The Bertz CT molecular complexity index is 693. The van der Waals surface area contributed by atoms with Gasteiger partial charge in [0, 0.05) is 19.0 Å². The predicted molar refractivity (Wildman–Crippen MR) is 82.2 cm³/mol. The van der Waals surface area contributed by atoms with Crippen LogP contribution in [0.3, 0.4) is 0 Å². The van der Waals surface area contributed by atoms with Crippen molar-refractivity contribution < 1.29 is 9.59 Å². The van der Waals surface area contributed by atoms with E-state index in [1.54, 1.807) is 4.68 Å². The minimum atomic E-state index is -0.176. The molecule has 22 heavy (non-hydrogen) atoms. The SMILES string of the molecule is Cc1cc2n(n1)CCC(=O)N2CC(=O)NCc1ccccc1. The topological polar surface area (TPSA) is 67.2 Å². The molecule has 1 aromatic heterocycles. The first kappa shape index (κ1) is 14.3. The lowest BCUT2D eigenvalue weighted by molar-refractivity contribution is -0.124. The highest BCUT2D eigenvalue weighted by atomic mass is 16.2. The summed E-state index contributed by atoms with van der Waals surface area (Å²) in [6, 6.07) is 11.5. The quantitative estimate of drug-likeness (QED) is 0.923. The van der Waals surface area contributed by atoms with Crippen molar-refractivity contribution in [3.8, 4) is 0 Å². The summed E-state index contributed by atoms with van der Waals surface area (Å²) in [6.07, 6.45) is 0.375. The Hall–Kier alpha value is -2.63. The summed E-state index contributed by atoms with van der Waals surface area (Å²) in [7, 11) is 0. The molecule has 2 aromatic rings. The minimum absolute atomic E-state index is 0.0246. The first-order chi connectivity index (χ1) is 10.6. The van der Waals surface area contributed by atoms with E-state index in [0.29, 0.717) is 25.3 Å². The van der Waals surface area contributed by atoms with E-state index in [1.165, 1.54) is 4.90 Å². The zero-order valence-corrected chi connectivity index (χ0v) is 12.5. The van der Waals surface area contributed by atoms with Crippen LogP contribution in [0.25, 0.3) is 0 Å². The normalized spacial score (nSPS) is 13.9. The average Bonchev–Trinajstić information content (AvgIpc) is 2.90. The Labute approximate surface area is 128 Å². The van der Waals surface area contributed by atoms with Crippen LogP contribution in [0.2, 0.25) is 0 Å². The molecule has 0 radical (unpaired) electrons. The van der Waals surface area contributed by atoms with Crippen LogP contribution in [0.5, 0.6) is 0 Å². The van der Waals surface area contributed by atoms with Gasteiger partial charge in [-0.1, -0.05) is 30.3 Å². The highest BCUT2D eigenvalue weighted by Crippen LogP contribution is 2.21. The van der Waals surface area contributed by atoms with E-state index < -0.39 is 0 Å². The van der Waals surface area contributed by atoms with Gasteiger partial charge in [-0.25, -0.2) is 4.68 Å². The number of benzene rings is 1. The molecular weight excluding hydrogens is 280 g/mol. The van der Waals surface area contributed by atoms with Crippen LogP contribution in [0.4, 0.5) is 5.82 Å². The third-order valence-electron chi connectivity index (χ3n) is 3.63. The van der Waals surface area contributed by atoms with Gasteiger partial charge in [-0.3, -0.25) is 14.5 Å². The first-order valence-corrected chi connectivity index (χ1v) is 7.29. The Morgan fingerprint density at radius 3 is 2.86 bits per heavy atom. The second-order valence-electron chi connectivity index (χ2n) is 5.36. The van der Waals surface area contributed by atoms with E-state index in [0.717, 1.165) is 11.3 Å². The number of nitrogens with one attached hydrogen (secondary N) is 1. The van der Waals surface area contributed by atoms with Crippen molar-refractivity contribution in [2.45, 2.75) is 26.4 Å². The van der Waals surface area contributed by atoms with Crippen molar-refractivity contribution in [3.05, 3.63) is 47.7 Å². The van der Waals surface area contributed by atoms with E-state index >= 15 is 0 Å². The molecule has 1 aliphatic heterocycles. The molecule has 6 nitrogen and oxygen atoms in total. The van der Waals surface area contributed by atoms with Crippen molar-refractivity contribution in [1.82, 2.24) is 15.1 Å². The number of hydrogen-bond acceptors (Lipinski definition) is 3. The number of amides is 2. The fraction of sp³-hybridized carbons (Fsp3) is 0.312. The van der Waals surface area contributed by atoms with Gasteiger partial charge in [0.2, 0.25) is 11.8 Å². The van der Waals surface area contributed by atoms with Crippen LogP contribution >= 0.6 is 0 Å². The standard InChI is InChI=1S/C16H18N4O2/c1-12-9-15-19(16(22)7-8-20(15)18-12)11-14(21)17-10-13-5-3-2-4-6-13/h2-6,9H,7-8,10-11H2,1H3,(H,17,21). The van der Waals surface area contributed by atoms with Gasteiger partial charge in [0.1, 0.15) is 12.4 Å². The number of hydrogen-bond donors (Lipinski definition) is 1. The van der Waals surface area contributed by atoms with Gasteiger partial charge >= 0.3 is 0 Å². The number of fused-ring (bicyclic) bond motifs is 1. The Morgan fingerprint density at radius 1 is 1.32 bits per heavy atom. The number of carbonyl (C=O) groups excluding carboxylic acids is 2. The first-order valence-electron chi connectivity index (χ1n) is 7.29. The van der Waals surface area contributed by atoms with E-state index in [4.69, 9.17) is 0 Å². The van der Waals surface area contributed by atoms with E-state index in [1.807, 2.05) is 43.3 Å². The maximum atomic E-state index is 12.1. The van der Waals surface area contributed by atoms with Crippen LogP contribution in [0.15, 0.2) is 36.4 Å². The molecule has 0 fully saturated rings. The Kier molecular flexibility index (Phi) is 3.91. The molecule has 0 saturated heterocycles. The van der Waals surface area contributed by atoms with Gasteiger partial charge in [-0.15, -0.1) is 0 Å². The molecule has 1 aliphatic rings. The Morgan fingerprint density at radius 2 is 2.09 bits per heavy atom. The molecule has 3 rings (SSSR count). The summed E-state index contributed by atoms with van der Waals surface area (Å²) < 4.78 is 1.78. The summed E-state index contributed by atoms with van der Waals surface area (Å²) in [5.74, 6) is 0.482. The van der Waals surface area contributed by atoms with Crippen LogP contribution in [-0.4, -0.2) is 28.1 Å². The van der Waals surface area contributed by atoms with Gasteiger partial charge in [0.25, 0.3) is 0 Å². The smallest absolute Gasteiger partial charge is 0.240 e. The van der Waals surface area contributed by atoms with Gasteiger partial charge in [-0.05, 0) is 12.5 Å². The highest BCUT2D eigenvalue weighted by molar-refractivity contribution is 5.98. The van der Waals surface area contributed by atoms with E-state index in [-0.39, 0.29) is 18.4 Å². The molecule has 0 unspecified atom stereocenters. The Balaban J connectivity index is 1.65. The summed E-state index contributed by atoms with van der Waals surface area (Å²) >= 11 is 0. The summed E-state index contributed by atoms with van der Waals surface area (Å²) in [5.41, 5.74) is 1.88. The number of aryl methyl sites for hydroxylation is 2. The lowest BCUT2D eigenvalue weighted by Crippen LogP contribution is -2.44. The molecule has 0 bridgehead atoms. The van der Waals surface area contributed by atoms with Gasteiger partial charge in [-0.2, -0.15) is 5.10 Å². The number of nitrogens with zero attached hydrogens (tertiary/aromatic N) is 3. The largest absolute Gasteiger partial charge is 0.350 e. The number of anilines is 1. The van der Waals surface area contributed by atoms with E-state index in [2.05, 4.69) is 10.4 Å². The van der Waals surface area contributed by atoms with Crippen molar-refractivity contribution in [2.24, 2.45) is 0 Å². The van der Waals surface area contributed by atoms with Crippen molar-refractivity contribution in [2.75, 3.05) is 11.4 Å². The molecular formula is C16H18N4O2. The van der Waals surface area contributed by atoms with Crippen LogP contribution in [-0.2, 0) is 22.7 Å². The maximum Gasteiger partial charge on any atom is 0.240 e.